The molecule has 0 aromatic heterocycles. The second-order valence-corrected chi connectivity index (χ2v) is 6.37. The summed E-state index contributed by atoms with van der Waals surface area (Å²) in [5, 5.41) is 0. The molecule has 1 fully saturated rings. The molecule has 132 valence electrons. The van der Waals surface area contributed by atoms with Gasteiger partial charge in [-0.15, -0.1) is 0 Å². The van der Waals surface area contributed by atoms with Crippen molar-refractivity contribution in [2.24, 2.45) is 0 Å². The van der Waals surface area contributed by atoms with Gasteiger partial charge in [0.2, 0.25) is 11.8 Å². The third kappa shape index (κ3) is 4.57. The monoisotopic (exact) mass is 331 g/mol. The van der Waals surface area contributed by atoms with Crippen molar-refractivity contribution in [1.82, 2.24) is 14.7 Å². The Kier molecular flexibility index (Phi) is 6.79. The molecule has 0 radical (unpaired) electrons. The Morgan fingerprint density at radius 2 is 1.83 bits per heavy atom. The first-order valence-corrected chi connectivity index (χ1v) is 8.87. The molecule has 0 saturated carbocycles. The second kappa shape index (κ2) is 8.83. The number of amides is 2. The fraction of sp³-hybridized carbons (Fsp3) is 0.579. The van der Waals surface area contributed by atoms with Crippen LogP contribution in [0.25, 0.3) is 0 Å². The number of rotatable bonds is 7. The second-order valence-electron chi connectivity index (χ2n) is 6.37. The maximum absolute atomic E-state index is 12.8. The lowest BCUT2D eigenvalue weighted by molar-refractivity contribution is -0.141. The van der Waals surface area contributed by atoms with Crippen LogP contribution in [0.15, 0.2) is 30.3 Å². The summed E-state index contributed by atoms with van der Waals surface area (Å²) in [4.78, 5) is 30.6. The first-order chi connectivity index (χ1) is 11.6. The molecular weight excluding hydrogens is 302 g/mol. The molecule has 1 aliphatic heterocycles. The van der Waals surface area contributed by atoms with Crippen molar-refractivity contribution in [2.45, 2.75) is 39.3 Å². The van der Waals surface area contributed by atoms with Gasteiger partial charge in [0.05, 0.1) is 12.6 Å². The van der Waals surface area contributed by atoms with Crippen LogP contribution in [-0.4, -0.2) is 65.8 Å². The minimum atomic E-state index is -0.111. The smallest absolute Gasteiger partial charge is 0.242 e. The van der Waals surface area contributed by atoms with E-state index in [0.29, 0.717) is 13.1 Å². The van der Waals surface area contributed by atoms with E-state index in [0.717, 1.165) is 25.9 Å². The Bertz CT molecular complexity index is 543. The van der Waals surface area contributed by atoms with Crippen molar-refractivity contribution in [3.8, 4) is 0 Å². The van der Waals surface area contributed by atoms with Gasteiger partial charge in [-0.2, -0.15) is 0 Å². The highest BCUT2D eigenvalue weighted by atomic mass is 16.2. The Labute approximate surface area is 145 Å². The van der Waals surface area contributed by atoms with Crippen molar-refractivity contribution < 1.29 is 9.59 Å². The Hall–Kier alpha value is -1.88. The highest BCUT2D eigenvalue weighted by Crippen LogP contribution is 2.21. The molecule has 1 aromatic rings. The third-order valence-corrected chi connectivity index (χ3v) is 4.74. The summed E-state index contributed by atoms with van der Waals surface area (Å²) in [5.74, 6) is 0.0763. The van der Waals surface area contributed by atoms with E-state index in [4.69, 9.17) is 0 Å². The first-order valence-electron chi connectivity index (χ1n) is 8.87. The maximum atomic E-state index is 12.8. The van der Waals surface area contributed by atoms with Gasteiger partial charge in [-0.1, -0.05) is 30.3 Å². The molecule has 1 atom stereocenters. The van der Waals surface area contributed by atoms with E-state index in [1.54, 1.807) is 16.8 Å². The van der Waals surface area contributed by atoms with Crippen molar-refractivity contribution in [3.05, 3.63) is 35.9 Å². The van der Waals surface area contributed by atoms with Gasteiger partial charge in [-0.25, -0.2) is 0 Å². The molecule has 0 aliphatic carbocycles. The molecule has 2 amide bonds. The molecule has 1 saturated heterocycles. The van der Waals surface area contributed by atoms with E-state index in [-0.39, 0.29) is 24.4 Å². The van der Waals surface area contributed by atoms with Crippen LogP contribution in [0.1, 0.15) is 32.3 Å². The van der Waals surface area contributed by atoms with Gasteiger partial charge in [0.15, 0.2) is 0 Å². The average molecular weight is 331 g/mol. The molecule has 24 heavy (non-hydrogen) atoms. The van der Waals surface area contributed by atoms with E-state index in [1.807, 2.05) is 32.0 Å². The predicted octanol–water partition coefficient (Wildman–Crippen LogP) is 1.98. The average Bonchev–Trinajstić information content (AvgIpc) is 3.04. The summed E-state index contributed by atoms with van der Waals surface area (Å²) in [7, 11) is 1.74. The zero-order valence-corrected chi connectivity index (χ0v) is 15.1. The van der Waals surface area contributed by atoms with E-state index >= 15 is 0 Å². The Morgan fingerprint density at radius 3 is 2.46 bits per heavy atom. The molecule has 0 bridgehead atoms. The number of hydrogen-bond donors (Lipinski definition) is 0. The van der Waals surface area contributed by atoms with E-state index in [1.165, 1.54) is 5.56 Å². The van der Waals surface area contributed by atoms with Gasteiger partial charge in [0, 0.05) is 26.7 Å². The topological polar surface area (TPSA) is 43.9 Å². The summed E-state index contributed by atoms with van der Waals surface area (Å²) in [6.07, 6.45) is 1.90. The van der Waals surface area contributed by atoms with Crippen LogP contribution in [0.3, 0.4) is 0 Å². The molecule has 2 rings (SSSR count). The molecular formula is C19H29N3O2. The quantitative estimate of drug-likeness (QED) is 0.767. The molecule has 1 aromatic carbocycles. The summed E-state index contributed by atoms with van der Waals surface area (Å²) >= 11 is 0. The van der Waals surface area contributed by atoms with E-state index in [9.17, 15) is 9.59 Å². The Morgan fingerprint density at radius 1 is 1.17 bits per heavy atom. The number of likely N-dealkylation sites (N-methyl/N-ethyl adjacent to an activating group) is 2. The molecule has 1 unspecified atom stereocenters. The van der Waals surface area contributed by atoms with Gasteiger partial charge in [0.25, 0.3) is 0 Å². The zero-order valence-electron chi connectivity index (χ0n) is 15.1. The lowest BCUT2D eigenvalue weighted by Gasteiger charge is -2.29. The van der Waals surface area contributed by atoms with Crippen LogP contribution in [0.5, 0.6) is 0 Å². The molecule has 0 N–H and O–H groups in total. The van der Waals surface area contributed by atoms with Crippen LogP contribution in [-0.2, 0) is 16.1 Å². The predicted molar refractivity (Wildman–Crippen MR) is 95.4 cm³/mol. The number of carbonyl (C=O) groups excluding carboxylic acids is 2. The summed E-state index contributed by atoms with van der Waals surface area (Å²) in [6, 6.07) is 10.1. The highest BCUT2D eigenvalue weighted by Gasteiger charge is 2.33. The van der Waals surface area contributed by atoms with Crippen LogP contribution >= 0.6 is 0 Å². The third-order valence-electron chi connectivity index (χ3n) is 4.74. The SMILES string of the molecule is CCN(CC)C(=O)CN(C)C(=O)C1CCCN1Cc1ccccc1. The van der Waals surface area contributed by atoms with Crippen LogP contribution < -0.4 is 0 Å². The number of likely N-dealkylation sites (tertiary alicyclic amines) is 1. The number of nitrogens with zero attached hydrogens (tertiary/aromatic N) is 3. The fourth-order valence-electron chi connectivity index (χ4n) is 3.32. The van der Waals surface area contributed by atoms with Crippen LogP contribution in [0.4, 0.5) is 0 Å². The van der Waals surface area contributed by atoms with Gasteiger partial charge in [-0.05, 0) is 38.8 Å². The standard InChI is InChI=1S/C19H29N3O2/c1-4-21(5-2)18(23)15-20(3)19(24)17-12-9-13-22(17)14-16-10-7-6-8-11-16/h6-8,10-11,17H,4-5,9,12-15H2,1-3H3. The molecule has 5 nitrogen and oxygen atoms in total. The minimum absolute atomic E-state index is 0.0171. The van der Waals surface area contributed by atoms with Crippen molar-refractivity contribution >= 4 is 11.8 Å². The number of benzene rings is 1. The van der Waals surface area contributed by atoms with Crippen LogP contribution in [0.2, 0.25) is 0 Å². The van der Waals surface area contributed by atoms with Gasteiger partial charge < -0.3 is 9.80 Å². The van der Waals surface area contributed by atoms with Crippen molar-refractivity contribution in [2.75, 3.05) is 33.2 Å². The lowest BCUT2D eigenvalue weighted by atomic mass is 10.1. The fourth-order valence-corrected chi connectivity index (χ4v) is 3.32. The van der Waals surface area contributed by atoms with E-state index in [2.05, 4.69) is 17.0 Å². The summed E-state index contributed by atoms with van der Waals surface area (Å²) < 4.78 is 0. The van der Waals surface area contributed by atoms with E-state index < -0.39 is 0 Å². The van der Waals surface area contributed by atoms with Crippen molar-refractivity contribution in [3.63, 3.8) is 0 Å². The Balaban J connectivity index is 1.95. The summed E-state index contributed by atoms with van der Waals surface area (Å²) in [5.41, 5.74) is 1.22. The van der Waals surface area contributed by atoms with Gasteiger partial charge in [0.1, 0.15) is 0 Å². The zero-order chi connectivity index (χ0) is 17.5. The molecule has 5 heteroatoms. The van der Waals surface area contributed by atoms with Crippen LogP contribution in [0, 0.1) is 0 Å². The number of carbonyl (C=O) groups is 2. The molecule has 1 aliphatic rings. The highest BCUT2D eigenvalue weighted by molar-refractivity contribution is 5.87. The van der Waals surface area contributed by atoms with Gasteiger partial charge in [-0.3, -0.25) is 14.5 Å². The van der Waals surface area contributed by atoms with Gasteiger partial charge >= 0.3 is 0 Å². The van der Waals surface area contributed by atoms with Crippen molar-refractivity contribution in [1.29, 1.82) is 0 Å². The molecule has 0 spiro atoms. The first kappa shape index (κ1) is 18.5. The maximum Gasteiger partial charge on any atom is 0.242 e. The normalized spacial score (nSPS) is 17.7. The molecule has 1 heterocycles. The lowest BCUT2D eigenvalue weighted by Crippen LogP contribution is -2.47. The summed E-state index contributed by atoms with van der Waals surface area (Å²) in [6.45, 7) is 7.17. The minimum Gasteiger partial charge on any atom is -0.342 e. The largest absolute Gasteiger partial charge is 0.342 e. The number of hydrogen-bond acceptors (Lipinski definition) is 3.